The number of nitrogens with one attached hydrogen (secondary N) is 1. The molecule has 0 bridgehead atoms. The molecule has 0 spiro atoms. The van der Waals surface area contributed by atoms with Crippen molar-refractivity contribution in [1.29, 1.82) is 5.41 Å². The molecule has 1 aliphatic rings. The highest BCUT2D eigenvalue weighted by Crippen LogP contribution is 2.34. The molecule has 0 unspecified atom stereocenters. The van der Waals surface area contributed by atoms with Crippen LogP contribution in [-0.4, -0.2) is 64.3 Å². The van der Waals surface area contributed by atoms with E-state index in [1.54, 1.807) is 18.2 Å². The van der Waals surface area contributed by atoms with Crippen molar-refractivity contribution in [1.82, 2.24) is 0 Å². The summed E-state index contributed by atoms with van der Waals surface area (Å²) in [6, 6.07) is 12.8. The van der Waals surface area contributed by atoms with Gasteiger partial charge in [0.2, 0.25) is 0 Å². The maximum atomic E-state index is 10.4. The third kappa shape index (κ3) is 5.18. The lowest BCUT2D eigenvalue weighted by Crippen LogP contribution is -2.55. The molecule has 1 fully saturated rings. The van der Waals surface area contributed by atoms with E-state index in [4.69, 9.17) is 26.5 Å². The first-order chi connectivity index (χ1) is 14.4. The second-order valence-corrected chi connectivity index (χ2v) is 7.67. The van der Waals surface area contributed by atoms with E-state index >= 15 is 0 Å². The molecule has 2 aromatic rings. The van der Waals surface area contributed by atoms with Crippen molar-refractivity contribution in [3.05, 3.63) is 64.2 Å². The highest BCUT2D eigenvalue weighted by atomic mass is 35.5. The van der Waals surface area contributed by atoms with Crippen LogP contribution in [0.1, 0.15) is 29.2 Å². The number of hydrogen-bond donors (Lipinski definition) is 5. The van der Waals surface area contributed by atoms with E-state index in [9.17, 15) is 20.4 Å². The van der Waals surface area contributed by atoms with E-state index in [1.807, 2.05) is 24.3 Å². The first-order valence-electron chi connectivity index (χ1n) is 9.74. The monoisotopic (exact) mass is 435 g/mol. The molecule has 1 heterocycles. The molecule has 8 heteroatoms. The molecule has 0 radical (unpaired) electrons. The third-order valence-corrected chi connectivity index (χ3v) is 5.51. The summed E-state index contributed by atoms with van der Waals surface area (Å²) in [7, 11) is 0. The van der Waals surface area contributed by atoms with E-state index in [0.29, 0.717) is 30.0 Å². The van der Waals surface area contributed by atoms with Gasteiger partial charge in [-0.25, -0.2) is 0 Å². The Labute approximate surface area is 180 Å². The van der Waals surface area contributed by atoms with Crippen LogP contribution in [0, 0.1) is 5.41 Å². The minimum absolute atomic E-state index is 0.454. The number of rotatable bonds is 8. The van der Waals surface area contributed by atoms with Gasteiger partial charge >= 0.3 is 0 Å². The van der Waals surface area contributed by atoms with Gasteiger partial charge in [0.1, 0.15) is 36.3 Å². The molecule has 0 aliphatic carbocycles. The average Bonchev–Trinajstić information content (AvgIpc) is 2.75. The molecule has 2 aromatic carbocycles. The van der Waals surface area contributed by atoms with Crippen molar-refractivity contribution in [3.63, 3.8) is 0 Å². The summed E-state index contributed by atoms with van der Waals surface area (Å²) < 4.78 is 11.2. The number of aliphatic hydroxyl groups excluding tert-OH is 4. The smallest absolute Gasteiger partial charge is 0.119 e. The van der Waals surface area contributed by atoms with Gasteiger partial charge in [0.05, 0.1) is 13.2 Å². The summed E-state index contributed by atoms with van der Waals surface area (Å²) in [6.07, 6.45) is -3.64. The van der Waals surface area contributed by atoms with E-state index in [2.05, 4.69) is 0 Å². The van der Waals surface area contributed by atoms with Gasteiger partial charge in [-0.15, -0.1) is 0 Å². The molecule has 7 nitrogen and oxygen atoms in total. The van der Waals surface area contributed by atoms with Crippen molar-refractivity contribution in [2.24, 2.45) is 0 Å². The Hall–Kier alpha value is -2.00. The zero-order valence-electron chi connectivity index (χ0n) is 16.3. The Morgan fingerprint density at radius 2 is 1.77 bits per heavy atom. The summed E-state index contributed by atoms with van der Waals surface area (Å²) in [5.74, 6) is 0.724. The minimum Gasteiger partial charge on any atom is -0.493 e. The highest BCUT2D eigenvalue weighted by molar-refractivity contribution is 6.31. The van der Waals surface area contributed by atoms with Crippen LogP contribution in [0.3, 0.4) is 0 Å². The molecule has 0 amide bonds. The first-order valence-corrected chi connectivity index (χ1v) is 10.1. The van der Waals surface area contributed by atoms with Gasteiger partial charge in [-0.1, -0.05) is 35.9 Å². The van der Waals surface area contributed by atoms with E-state index in [-0.39, 0.29) is 0 Å². The SMILES string of the molecule is N=CCCOc1ccc(Cc2cc([C@@H]3O[C@H](CO)[C@@H](O)[C@H](O)[C@H]3O)ccc2Cl)cc1. The molecular weight excluding hydrogens is 410 g/mol. The van der Waals surface area contributed by atoms with Crippen molar-refractivity contribution in [3.8, 4) is 5.75 Å². The van der Waals surface area contributed by atoms with Crippen molar-refractivity contribution in [2.45, 2.75) is 43.4 Å². The molecule has 162 valence electrons. The van der Waals surface area contributed by atoms with E-state index in [0.717, 1.165) is 16.9 Å². The number of aliphatic hydroxyl groups is 4. The second kappa shape index (κ2) is 10.3. The molecule has 1 aliphatic heterocycles. The molecule has 0 saturated carbocycles. The van der Waals surface area contributed by atoms with Crippen LogP contribution in [0.15, 0.2) is 42.5 Å². The zero-order valence-corrected chi connectivity index (χ0v) is 17.1. The second-order valence-electron chi connectivity index (χ2n) is 7.26. The molecular formula is C22H26ClNO6. The quantitative estimate of drug-likeness (QED) is 0.318. The Morgan fingerprint density at radius 3 is 2.43 bits per heavy atom. The standard InChI is InChI=1S/C22H26ClNO6/c23-17-7-4-14(22-21(28)20(27)19(26)18(12-25)30-22)11-15(17)10-13-2-5-16(6-3-13)29-9-1-8-24/h2-8,11,18-22,24-28H,1,9-10,12H2/t18-,19-,20+,21-,22+/m1/s1. The minimum atomic E-state index is -1.43. The van der Waals surface area contributed by atoms with Crippen LogP contribution in [0.5, 0.6) is 5.75 Å². The summed E-state index contributed by atoms with van der Waals surface area (Å²) in [5, 5.41) is 47.3. The number of ether oxygens (including phenoxy) is 2. The fourth-order valence-corrected chi connectivity index (χ4v) is 3.63. The van der Waals surface area contributed by atoms with Crippen LogP contribution in [0.2, 0.25) is 5.02 Å². The van der Waals surface area contributed by atoms with Gasteiger partial charge in [-0.2, -0.15) is 0 Å². The van der Waals surface area contributed by atoms with Gasteiger partial charge < -0.3 is 35.3 Å². The normalized spacial score (nSPS) is 26.4. The van der Waals surface area contributed by atoms with Gasteiger partial charge in [0.25, 0.3) is 0 Å². The van der Waals surface area contributed by atoms with Crippen LogP contribution < -0.4 is 4.74 Å². The van der Waals surface area contributed by atoms with Crippen LogP contribution in [0.4, 0.5) is 0 Å². The molecule has 0 aromatic heterocycles. The summed E-state index contributed by atoms with van der Waals surface area (Å²) in [4.78, 5) is 0. The largest absolute Gasteiger partial charge is 0.493 e. The molecule has 1 saturated heterocycles. The number of benzene rings is 2. The van der Waals surface area contributed by atoms with Crippen molar-refractivity contribution < 1.29 is 29.9 Å². The van der Waals surface area contributed by atoms with Crippen molar-refractivity contribution >= 4 is 17.8 Å². The van der Waals surface area contributed by atoms with Crippen LogP contribution >= 0.6 is 11.6 Å². The lowest BCUT2D eigenvalue weighted by Gasteiger charge is -2.40. The first kappa shape index (κ1) is 22.7. The third-order valence-electron chi connectivity index (χ3n) is 5.14. The van der Waals surface area contributed by atoms with Crippen LogP contribution in [-0.2, 0) is 11.2 Å². The lowest BCUT2D eigenvalue weighted by atomic mass is 9.90. The molecule has 5 atom stereocenters. The van der Waals surface area contributed by atoms with Gasteiger partial charge in [0.15, 0.2) is 0 Å². The van der Waals surface area contributed by atoms with Gasteiger partial charge in [-0.3, -0.25) is 0 Å². The highest BCUT2D eigenvalue weighted by Gasteiger charge is 2.43. The van der Waals surface area contributed by atoms with Gasteiger partial charge in [-0.05, 0) is 47.5 Å². The summed E-state index contributed by atoms with van der Waals surface area (Å²) in [5.41, 5.74) is 2.41. The fraction of sp³-hybridized carbons (Fsp3) is 0.409. The average molecular weight is 436 g/mol. The predicted molar refractivity (Wildman–Crippen MR) is 112 cm³/mol. The van der Waals surface area contributed by atoms with E-state index in [1.165, 1.54) is 6.21 Å². The topological polar surface area (TPSA) is 123 Å². The van der Waals surface area contributed by atoms with Crippen molar-refractivity contribution in [2.75, 3.05) is 13.2 Å². The number of halogens is 1. The zero-order chi connectivity index (χ0) is 21.7. The maximum Gasteiger partial charge on any atom is 0.119 e. The Balaban J connectivity index is 1.76. The Morgan fingerprint density at radius 1 is 1.03 bits per heavy atom. The van der Waals surface area contributed by atoms with E-state index < -0.39 is 37.1 Å². The molecule has 5 N–H and O–H groups in total. The fourth-order valence-electron chi connectivity index (χ4n) is 3.44. The Bertz CT molecular complexity index is 844. The summed E-state index contributed by atoms with van der Waals surface area (Å²) >= 11 is 6.37. The summed E-state index contributed by atoms with van der Waals surface area (Å²) in [6.45, 7) is -0.0219. The Kier molecular flexibility index (Phi) is 7.82. The molecule has 3 rings (SSSR count). The predicted octanol–water partition coefficient (Wildman–Crippen LogP) is 1.86. The number of hydrogen-bond acceptors (Lipinski definition) is 7. The lowest BCUT2D eigenvalue weighted by molar-refractivity contribution is -0.231. The van der Waals surface area contributed by atoms with Gasteiger partial charge in [0, 0.05) is 11.4 Å². The maximum absolute atomic E-state index is 10.4. The van der Waals surface area contributed by atoms with Crippen LogP contribution in [0.25, 0.3) is 0 Å². The molecule has 30 heavy (non-hydrogen) atoms.